The average Bonchev–Trinajstić information content (AvgIpc) is 2.66. The van der Waals surface area contributed by atoms with Gasteiger partial charge in [-0.15, -0.1) is 23.5 Å². The van der Waals surface area contributed by atoms with Crippen molar-refractivity contribution in [3.8, 4) is 0 Å². The van der Waals surface area contributed by atoms with Gasteiger partial charge in [0.15, 0.2) is 12.4 Å². The van der Waals surface area contributed by atoms with Crippen LogP contribution < -0.4 is 0 Å². The molecule has 2 atom stereocenters. The largest absolute Gasteiger partial charge is 0.464 e. The van der Waals surface area contributed by atoms with E-state index in [2.05, 4.69) is 33.9 Å². The van der Waals surface area contributed by atoms with Crippen LogP contribution in [0.2, 0.25) is 23.2 Å². The zero-order valence-corrected chi connectivity index (χ0v) is 21.5. The highest BCUT2D eigenvalue weighted by Crippen LogP contribution is 2.51. The summed E-state index contributed by atoms with van der Waals surface area (Å²) in [5.74, 6) is 1.23. The smallest absolute Gasteiger partial charge is 0.335 e. The fourth-order valence-electron chi connectivity index (χ4n) is 2.85. The monoisotopic (exact) mass is 476 g/mol. The lowest BCUT2D eigenvalue weighted by Crippen LogP contribution is -2.53. The Morgan fingerprint density at radius 2 is 1.79 bits per heavy atom. The number of rotatable bonds is 7. The van der Waals surface area contributed by atoms with Crippen LogP contribution in [-0.4, -0.2) is 47.7 Å². The maximum absolute atomic E-state index is 13.0. The van der Waals surface area contributed by atoms with Crippen LogP contribution in [0.15, 0.2) is 24.3 Å². The van der Waals surface area contributed by atoms with Crippen LogP contribution in [0.1, 0.15) is 45.8 Å². The second-order valence-electron chi connectivity index (χ2n) is 8.73. The number of esters is 1. The second-order valence-corrected chi connectivity index (χ2v) is 16.9. The van der Waals surface area contributed by atoms with Crippen LogP contribution in [0, 0.1) is 0 Å². The van der Waals surface area contributed by atoms with Gasteiger partial charge in [0.25, 0.3) is 0 Å². The molecule has 1 N–H and O–H groups in total. The van der Waals surface area contributed by atoms with Gasteiger partial charge in [0.2, 0.25) is 0 Å². The molecule has 1 saturated heterocycles. The minimum absolute atomic E-state index is 0.0403. The molecule has 0 aromatic heterocycles. The van der Waals surface area contributed by atoms with Gasteiger partial charge in [-0.25, -0.2) is 4.79 Å². The lowest BCUT2D eigenvalue weighted by molar-refractivity contribution is -0.147. The molecule has 2 rings (SSSR count). The molecule has 1 heterocycles. The normalized spacial score (nSPS) is 19.4. The van der Waals surface area contributed by atoms with E-state index >= 15 is 0 Å². The van der Waals surface area contributed by atoms with Crippen LogP contribution in [-0.2, 0) is 14.0 Å². The summed E-state index contributed by atoms with van der Waals surface area (Å²) in [6, 6.07) is 7.34. The van der Waals surface area contributed by atoms with Crippen molar-refractivity contribution >= 4 is 49.4 Å². The molecule has 164 valence electrons. The van der Waals surface area contributed by atoms with E-state index in [0.29, 0.717) is 5.02 Å². The van der Waals surface area contributed by atoms with Crippen LogP contribution in [0.4, 0.5) is 0 Å². The van der Waals surface area contributed by atoms with E-state index in [1.54, 1.807) is 19.1 Å². The third kappa shape index (κ3) is 5.74. The predicted molar refractivity (Wildman–Crippen MR) is 127 cm³/mol. The quantitative estimate of drug-likeness (QED) is 0.391. The number of hydrogen-bond acceptors (Lipinski definition) is 6. The van der Waals surface area contributed by atoms with Gasteiger partial charge < -0.3 is 14.3 Å². The Balaban J connectivity index is 2.50. The van der Waals surface area contributed by atoms with Crippen molar-refractivity contribution in [1.29, 1.82) is 0 Å². The Hall–Kier alpha value is -0.183. The fraction of sp³-hybridized carbons (Fsp3) is 0.667. The Labute approximate surface area is 189 Å². The van der Waals surface area contributed by atoms with E-state index in [1.807, 2.05) is 12.1 Å². The van der Waals surface area contributed by atoms with Gasteiger partial charge in [-0.2, -0.15) is 0 Å². The first kappa shape index (κ1) is 25.1. The number of ether oxygens (including phenoxy) is 1. The maximum atomic E-state index is 13.0. The van der Waals surface area contributed by atoms with Crippen LogP contribution >= 0.6 is 35.1 Å². The highest BCUT2D eigenvalue weighted by molar-refractivity contribution is 8.20. The Kier molecular flexibility index (Phi) is 8.61. The molecule has 1 aromatic carbocycles. The number of thioether (sulfide) groups is 2. The van der Waals surface area contributed by atoms with Crippen LogP contribution in [0.5, 0.6) is 0 Å². The zero-order valence-electron chi connectivity index (χ0n) is 18.2. The number of carbonyl (C=O) groups is 1. The van der Waals surface area contributed by atoms with E-state index in [-0.39, 0.29) is 17.6 Å². The molecule has 1 unspecified atom stereocenters. The molecule has 8 heteroatoms. The molecule has 1 fully saturated rings. The summed E-state index contributed by atoms with van der Waals surface area (Å²) in [4.78, 5) is 13.0. The van der Waals surface area contributed by atoms with Gasteiger partial charge >= 0.3 is 5.97 Å². The first-order valence-electron chi connectivity index (χ1n) is 10.0. The molecule has 4 nitrogen and oxygen atoms in total. The molecule has 0 aliphatic carbocycles. The van der Waals surface area contributed by atoms with Gasteiger partial charge in [-0.3, -0.25) is 0 Å². The van der Waals surface area contributed by atoms with Crippen molar-refractivity contribution in [1.82, 2.24) is 0 Å². The first-order valence-corrected chi connectivity index (χ1v) is 15.3. The number of halogens is 1. The van der Waals surface area contributed by atoms with Gasteiger partial charge in [0, 0.05) is 5.02 Å². The lowest BCUT2D eigenvalue weighted by Gasteiger charge is -2.45. The SMILES string of the molecule is CCOC(=O)C1(C(O)[C@H](O[Si](C)(C)C(C)(C)C)c2ccc(Cl)cc2)SCCCS1. The summed E-state index contributed by atoms with van der Waals surface area (Å²) in [5, 5.41) is 12.2. The van der Waals surface area contributed by atoms with Crippen molar-refractivity contribution in [2.24, 2.45) is 0 Å². The molecule has 0 bridgehead atoms. The summed E-state index contributed by atoms with van der Waals surface area (Å²) in [6.07, 6.45) is -0.694. The molecule has 0 spiro atoms. The summed E-state index contributed by atoms with van der Waals surface area (Å²) < 4.78 is 11.0. The number of benzene rings is 1. The highest BCUT2D eigenvalue weighted by atomic mass is 35.5. The Morgan fingerprint density at radius 1 is 1.24 bits per heavy atom. The Bertz CT molecular complexity index is 685. The summed E-state index contributed by atoms with van der Waals surface area (Å²) in [7, 11) is -2.24. The summed E-state index contributed by atoms with van der Waals surface area (Å²) in [6.45, 7) is 12.9. The van der Waals surface area contributed by atoms with E-state index in [4.69, 9.17) is 20.8 Å². The molecule has 1 aromatic rings. The maximum Gasteiger partial charge on any atom is 0.335 e. The predicted octanol–water partition coefficient (Wildman–Crippen LogP) is 5.89. The van der Waals surface area contributed by atoms with E-state index < -0.39 is 24.6 Å². The molecular formula is C21H33ClO4S2Si. The standard InChI is InChI=1S/C21H33ClO4S2Si/c1-7-25-19(24)21(27-13-8-14-28-21)18(23)17(15-9-11-16(22)12-10-15)26-29(5,6)20(2,3)4/h9-12,17-18,23H,7-8,13-14H2,1-6H3/t17-,18?/m1/s1. The van der Waals surface area contributed by atoms with Crippen molar-refractivity contribution in [3.05, 3.63) is 34.9 Å². The van der Waals surface area contributed by atoms with Gasteiger partial charge in [0.1, 0.15) is 6.10 Å². The van der Waals surface area contributed by atoms with Crippen molar-refractivity contribution < 1.29 is 19.1 Å². The van der Waals surface area contributed by atoms with Crippen LogP contribution in [0.3, 0.4) is 0 Å². The van der Waals surface area contributed by atoms with E-state index in [1.165, 1.54) is 23.5 Å². The molecule has 29 heavy (non-hydrogen) atoms. The zero-order chi connectivity index (χ0) is 21.9. The average molecular weight is 477 g/mol. The highest BCUT2D eigenvalue weighted by Gasteiger charge is 2.54. The van der Waals surface area contributed by atoms with Crippen molar-refractivity contribution in [2.45, 2.75) is 68.5 Å². The van der Waals surface area contributed by atoms with Gasteiger partial charge in [0.05, 0.1) is 12.7 Å². The second kappa shape index (κ2) is 9.96. The van der Waals surface area contributed by atoms with Gasteiger partial charge in [-0.1, -0.05) is 44.5 Å². The van der Waals surface area contributed by atoms with Crippen molar-refractivity contribution in [2.75, 3.05) is 18.1 Å². The minimum atomic E-state index is -2.24. The molecule has 0 radical (unpaired) electrons. The first-order chi connectivity index (χ1) is 13.4. The summed E-state index contributed by atoms with van der Waals surface area (Å²) >= 11 is 9.04. The molecule has 0 saturated carbocycles. The topological polar surface area (TPSA) is 55.8 Å². The van der Waals surface area contributed by atoms with Gasteiger partial charge in [-0.05, 0) is 60.7 Å². The Morgan fingerprint density at radius 3 is 2.28 bits per heavy atom. The molecular weight excluding hydrogens is 444 g/mol. The lowest BCUT2D eigenvalue weighted by atomic mass is 10.0. The number of hydrogen-bond donors (Lipinski definition) is 1. The van der Waals surface area contributed by atoms with Crippen LogP contribution in [0.25, 0.3) is 0 Å². The minimum Gasteiger partial charge on any atom is -0.464 e. The fourth-order valence-corrected chi connectivity index (χ4v) is 7.37. The number of aliphatic hydroxyl groups is 1. The van der Waals surface area contributed by atoms with E-state index in [9.17, 15) is 9.90 Å². The van der Waals surface area contributed by atoms with Crippen molar-refractivity contribution in [3.63, 3.8) is 0 Å². The third-order valence-corrected chi connectivity index (χ3v) is 13.7. The third-order valence-electron chi connectivity index (χ3n) is 5.58. The molecule has 1 aliphatic rings. The number of aliphatic hydroxyl groups excluding tert-OH is 1. The molecule has 0 amide bonds. The molecule has 1 aliphatic heterocycles. The number of carbonyl (C=O) groups excluding carboxylic acids is 1. The summed E-state index contributed by atoms with van der Waals surface area (Å²) in [5.41, 5.74) is 0.821. The van der Waals surface area contributed by atoms with E-state index in [0.717, 1.165) is 23.5 Å².